The minimum absolute atomic E-state index is 0.111. The highest BCUT2D eigenvalue weighted by Crippen LogP contribution is 2.16. The summed E-state index contributed by atoms with van der Waals surface area (Å²) in [6, 6.07) is 0. The van der Waals surface area contributed by atoms with Gasteiger partial charge in [0, 0.05) is 19.3 Å². The molecule has 1 atom stereocenters. The molecule has 0 aliphatic carbocycles. The molecule has 0 aromatic carbocycles. The van der Waals surface area contributed by atoms with Crippen LogP contribution in [0.4, 0.5) is 0 Å². The molecule has 1 unspecified atom stereocenters. The van der Waals surface area contributed by atoms with Crippen LogP contribution in [-0.2, 0) is 28.6 Å². The smallest absolute Gasteiger partial charge is 0.306 e. The molecule has 0 spiro atoms. The quantitative estimate of drug-likeness (QED) is 0.0261. The number of esters is 3. The highest BCUT2D eigenvalue weighted by atomic mass is 16.6. The van der Waals surface area contributed by atoms with Crippen LogP contribution in [0.15, 0.2) is 158 Å². The predicted octanol–water partition coefficient (Wildman–Crippen LogP) is 22.9. The van der Waals surface area contributed by atoms with Gasteiger partial charge in [0.2, 0.25) is 0 Å². The fraction of sp³-hybridized carbons (Fsp3) is 0.613. The van der Waals surface area contributed by atoms with Crippen LogP contribution < -0.4 is 0 Å². The number of carbonyl (C=O) groups excluding carboxylic acids is 3. The molecule has 0 aliphatic rings. The third kappa shape index (κ3) is 65.7. The van der Waals surface area contributed by atoms with Crippen LogP contribution in [0.25, 0.3) is 0 Å². The Morgan fingerprint density at radius 3 is 0.765 bits per heavy atom. The first kappa shape index (κ1) is 76.0. The first-order chi connectivity index (χ1) is 40.0. The van der Waals surface area contributed by atoms with Crippen molar-refractivity contribution in [1.29, 1.82) is 0 Å². The SMILES string of the molecule is CC/C=C\C/C=C\C/C=C\C/C=C\C/C=C\C/C=C\CCCCCCCCCCCCCCCCCCC(=O)OCC(COC(=O)CC/C=C\C/C=C\C/C=C\C/C=C\CC)OC(=O)CCCCCCC/C=C\C/C=C\C/C=C\CC. The second-order valence-corrected chi connectivity index (χ2v) is 21.2. The van der Waals surface area contributed by atoms with Gasteiger partial charge >= 0.3 is 17.9 Å². The van der Waals surface area contributed by atoms with Crippen molar-refractivity contribution in [3.05, 3.63) is 158 Å². The van der Waals surface area contributed by atoms with Crippen molar-refractivity contribution in [2.75, 3.05) is 13.2 Å². The number of hydrogen-bond donors (Lipinski definition) is 0. The van der Waals surface area contributed by atoms with E-state index in [1.165, 1.54) is 89.9 Å². The maximum absolute atomic E-state index is 12.9. The van der Waals surface area contributed by atoms with E-state index in [2.05, 4.69) is 173 Å². The topological polar surface area (TPSA) is 78.9 Å². The van der Waals surface area contributed by atoms with Crippen molar-refractivity contribution in [3.8, 4) is 0 Å². The van der Waals surface area contributed by atoms with Crippen LogP contribution >= 0.6 is 0 Å². The van der Waals surface area contributed by atoms with E-state index in [-0.39, 0.29) is 44.0 Å². The molecule has 81 heavy (non-hydrogen) atoms. The lowest BCUT2D eigenvalue weighted by atomic mass is 10.0. The van der Waals surface area contributed by atoms with Crippen LogP contribution in [-0.4, -0.2) is 37.2 Å². The molecule has 0 aromatic heterocycles. The van der Waals surface area contributed by atoms with Crippen molar-refractivity contribution in [1.82, 2.24) is 0 Å². The Morgan fingerprint density at radius 1 is 0.247 bits per heavy atom. The molecule has 0 fully saturated rings. The van der Waals surface area contributed by atoms with E-state index in [0.29, 0.717) is 12.8 Å². The zero-order valence-corrected chi connectivity index (χ0v) is 52.2. The summed E-state index contributed by atoms with van der Waals surface area (Å²) >= 11 is 0. The third-order valence-corrected chi connectivity index (χ3v) is 13.5. The molecule has 6 nitrogen and oxygen atoms in total. The number of carbonyl (C=O) groups is 3. The molecule has 0 heterocycles. The van der Waals surface area contributed by atoms with Gasteiger partial charge in [0.1, 0.15) is 13.2 Å². The van der Waals surface area contributed by atoms with Gasteiger partial charge in [-0.2, -0.15) is 0 Å². The summed E-state index contributed by atoms with van der Waals surface area (Å²) in [5, 5.41) is 0. The van der Waals surface area contributed by atoms with Gasteiger partial charge < -0.3 is 14.2 Å². The maximum atomic E-state index is 12.9. The molecule has 0 amide bonds. The molecule has 0 saturated heterocycles. The average molecular weight is 1120 g/mol. The van der Waals surface area contributed by atoms with Crippen LogP contribution in [0.2, 0.25) is 0 Å². The van der Waals surface area contributed by atoms with E-state index >= 15 is 0 Å². The second-order valence-electron chi connectivity index (χ2n) is 21.2. The molecule has 0 radical (unpaired) electrons. The molecule has 6 heteroatoms. The molecule has 0 aromatic rings. The predicted molar refractivity (Wildman–Crippen MR) is 352 cm³/mol. The summed E-state index contributed by atoms with van der Waals surface area (Å²) in [4.78, 5) is 38.2. The van der Waals surface area contributed by atoms with Gasteiger partial charge in [-0.15, -0.1) is 0 Å². The Hall–Kier alpha value is -4.97. The summed E-state index contributed by atoms with van der Waals surface area (Å²) in [6.07, 6.45) is 98.6. The standard InChI is InChI=1S/C75H120O6/c1-4-7-10-13-16-19-22-25-27-28-29-30-31-32-33-34-35-36-37-38-39-40-41-42-43-44-45-46-48-50-53-56-59-62-65-68-74(77)80-71-72(70-79-73(76)67-64-61-58-55-52-49-24-21-18-15-12-9-6-3)81-75(78)69-66-63-60-57-54-51-47-26-23-20-17-14-11-8-5-2/h7-12,16-21,25-27,29-30,32-33,35-36,47,49,52,58,61,72H,4-6,13-15,22-24,28,31,34,37-46,48,50-51,53-57,59-60,62-71H2,1-3H3/b10-7-,11-8-,12-9-,19-16-,20-17-,21-18-,27-25-,30-29-,33-32-,36-35-,47-26-,52-49-,61-58-. The van der Waals surface area contributed by atoms with Crippen LogP contribution in [0.3, 0.4) is 0 Å². The Bertz CT molecular complexity index is 1810. The Balaban J connectivity index is 4.21. The number of allylic oxidation sites excluding steroid dienone is 26. The van der Waals surface area contributed by atoms with E-state index in [1.54, 1.807) is 0 Å². The highest BCUT2D eigenvalue weighted by molar-refractivity contribution is 5.71. The molecular formula is C75H120O6. The maximum Gasteiger partial charge on any atom is 0.306 e. The van der Waals surface area contributed by atoms with Crippen molar-refractivity contribution in [3.63, 3.8) is 0 Å². The lowest BCUT2D eigenvalue weighted by Crippen LogP contribution is -2.30. The van der Waals surface area contributed by atoms with E-state index in [4.69, 9.17) is 14.2 Å². The lowest BCUT2D eigenvalue weighted by Gasteiger charge is -2.18. The van der Waals surface area contributed by atoms with Gasteiger partial charge in [0.15, 0.2) is 6.10 Å². The molecule has 0 rings (SSSR count). The molecule has 0 aliphatic heterocycles. The fourth-order valence-corrected chi connectivity index (χ4v) is 8.71. The number of ether oxygens (including phenoxy) is 3. The van der Waals surface area contributed by atoms with Gasteiger partial charge in [0.25, 0.3) is 0 Å². The summed E-state index contributed by atoms with van der Waals surface area (Å²) < 4.78 is 16.8. The number of unbranched alkanes of at least 4 members (excludes halogenated alkanes) is 21. The lowest BCUT2D eigenvalue weighted by molar-refractivity contribution is -0.166. The Labute approximate surface area is 499 Å². The van der Waals surface area contributed by atoms with Crippen LogP contribution in [0.1, 0.15) is 278 Å². The molecule has 0 bridgehead atoms. The minimum atomic E-state index is -0.821. The van der Waals surface area contributed by atoms with Crippen molar-refractivity contribution < 1.29 is 28.6 Å². The van der Waals surface area contributed by atoms with E-state index < -0.39 is 6.10 Å². The van der Waals surface area contributed by atoms with Gasteiger partial charge in [-0.25, -0.2) is 0 Å². The summed E-state index contributed by atoms with van der Waals surface area (Å²) in [5.74, 6) is -1.01. The Morgan fingerprint density at radius 2 is 0.469 bits per heavy atom. The van der Waals surface area contributed by atoms with E-state index in [1.807, 2.05) is 6.08 Å². The normalized spacial score (nSPS) is 13.2. The van der Waals surface area contributed by atoms with Gasteiger partial charge in [-0.1, -0.05) is 288 Å². The highest BCUT2D eigenvalue weighted by Gasteiger charge is 2.19. The zero-order chi connectivity index (χ0) is 58.5. The first-order valence-electron chi connectivity index (χ1n) is 33.0. The first-order valence-corrected chi connectivity index (χ1v) is 33.0. The molecule has 0 N–H and O–H groups in total. The van der Waals surface area contributed by atoms with E-state index in [0.717, 1.165) is 141 Å². The minimum Gasteiger partial charge on any atom is -0.462 e. The number of rotatable bonds is 58. The van der Waals surface area contributed by atoms with Gasteiger partial charge in [-0.05, 0) is 128 Å². The molecular weight excluding hydrogens is 997 g/mol. The van der Waals surface area contributed by atoms with Gasteiger partial charge in [0.05, 0.1) is 0 Å². The van der Waals surface area contributed by atoms with Crippen molar-refractivity contribution in [2.24, 2.45) is 0 Å². The van der Waals surface area contributed by atoms with Crippen molar-refractivity contribution >= 4 is 17.9 Å². The average Bonchev–Trinajstić information content (AvgIpc) is 3.46. The summed E-state index contributed by atoms with van der Waals surface area (Å²) in [7, 11) is 0. The van der Waals surface area contributed by atoms with E-state index in [9.17, 15) is 14.4 Å². The zero-order valence-electron chi connectivity index (χ0n) is 52.2. The van der Waals surface area contributed by atoms with Crippen molar-refractivity contribution in [2.45, 2.75) is 284 Å². The third-order valence-electron chi connectivity index (χ3n) is 13.5. The fourth-order valence-electron chi connectivity index (χ4n) is 8.71. The molecule has 0 saturated carbocycles. The second kappa shape index (κ2) is 67.5. The summed E-state index contributed by atoms with van der Waals surface area (Å²) in [5.41, 5.74) is 0. The van der Waals surface area contributed by atoms with Gasteiger partial charge in [-0.3, -0.25) is 14.4 Å². The number of hydrogen-bond acceptors (Lipinski definition) is 6. The largest absolute Gasteiger partial charge is 0.462 e. The molecule has 456 valence electrons. The monoisotopic (exact) mass is 1120 g/mol. The van der Waals surface area contributed by atoms with Crippen LogP contribution in [0.5, 0.6) is 0 Å². The van der Waals surface area contributed by atoms with Crippen LogP contribution in [0, 0.1) is 0 Å². The Kier molecular flexibility index (Phi) is 63.4. The summed E-state index contributed by atoms with van der Waals surface area (Å²) in [6.45, 7) is 6.22.